The van der Waals surface area contributed by atoms with Crippen molar-refractivity contribution in [2.45, 2.75) is 25.9 Å². The minimum atomic E-state index is -0.793. The highest BCUT2D eigenvalue weighted by Gasteiger charge is 2.14. The van der Waals surface area contributed by atoms with Crippen LogP contribution in [0.15, 0.2) is 57.7 Å². The Kier molecular flexibility index (Phi) is 4.18. The third kappa shape index (κ3) is 3.78. The Morgan fingerprint density at radius 2 is 1.80 bits per heavy atom. The second-order valence-electron chi connectivity index (χ2n) is 6.74. The number of nitrogens with two attached hydrogens (primary N) is 1. The summed E-state index contributed by atoms with van der Waals surface area (Å²) in [5, 5.41) is 10.6. The number of carbonyl (C=O) groups excluding carboxylic acids is 1. The molecule has 0 saturated carbocycles. The normalized spacial score (nSPS) is 11.6. The van der Waals surface area contributed by atoms with Gasteiger partial charge in [0.25, 0.3) is 0 Å². The summed E-state index contributed by atoms with van der Waals surface area (Å²) in [6, 6.07) is 13.7. The fraction of sp³-hybridized carbons (Fsp3) is 0.200. The molecule has 0 aliphatic carbocycles. The van der Waals surface area contributed by atoms with Crippen LogP contribution >= 0.6 is 0 Å². The molecule has 3 aromatic rings. The molecule has 0 spiro atoms. The summed E-state index contributed by atoms with van der Waals surface area (Å²) in [5.41, 5.74) is 7.31. The molecule has 0 aliphatic rings. The van der Waals surface area contributed by atoms with Gasteiger partial charge in [-0.1, -0.05) is 24.3 Å². The maximum Gasteiger partial charge on any atom is 0.336 e. The largest absolute Gasteiger partial charge is 0.423 e. The van der Waals surface area contributed by atoms with E-state index in [2.05, 4.69) is 0 Å². The van der Waals surface area contributed by atoms with Crippen LogP contribution in [0.2, 0.25) is 0 Å². The summed E-state index contributed by atoms with van der Waals surface area (Å²) in [6.45, 7) is 3.50. The Bertz CT molecular complexity index is 995. The number of hydrogen-bond donors (Lipinski definition) is 2. The molecule has 3 N–H and O–H groups in total. The van der Waals surface area contributed by atoms with Crippen LogP contribution < -0.4 is 11.4 Å². The summed E-state index contributed by atoms with van der Waals surface area (Å²) < 4.78 is 5.21. The zero-order valence-electron chi connectivity index (χ0n) is 14.1. The van der Waals surface area contributed by atoms with Crippen molar-refractivity contribution in [1.82, 2.24) is 0 Å². The second kappa shape index (κ2) is 6.18. The van der Waals surface area contributed by atoms with E-state index in [1.807, 2.05) is 24.3 Å². The summed E-state index contributed by atoms with van der Waals surface area (Å²) in [7, 11) is 0. The molecule has 1 amide bonds. The van der Waals surface area contributed by atoms with E-state index in [4.69, 9.17) is 10.2 Å². The number of fused-ring (bicyclic) bond motifs is 1. The van der Waals surface area contributed by atoms with Crippen LogP contribution in [0.25, 0.3) is 22.1 Å². The lowest BCUT2D eigenvalue weighted by Gasteiger charge is -2.17. The van der Waals surface area contributed by atoms with Gasteiger partial charge in [-0.05, 0) is 48.7 Å². The standard InChI is InChI=1S/C20H19NO4/c1-20(2,24)11-12-3-5-13(6-4-12)15-10-18(22)25-17-8-7-14(19(21)23)9-16(15)17/h3-10,24H,11H2,1-2H3,(H2,21,23). The quantitative estimate of drug-likeness (QED) is 0.716. The predicted octanol–water partition coefficient (Wildman–Crippen LogP) is 2.87. The predicted molar refractivity (Wildman–Crippen MR) is 96.4 cm³/mol. The summed E-state index contributed by atoms with van der Waals surface area (Å²) in [6.07, 6.45) is 0.525. The molecule has 128 valence electrons. The lowest BCUT2D eigenvalue weighted by molar-refractivity contribution is 0.0810. The molecular formula is C20H19NO4. The van der Waals surface area contributed by atoms with Gasteiger partial charge in [-0.25, -0.2) is 4.79 Å². The molecule has 0 unspecified atom stereocenters. The van der Waals surface area contributed by atoms with Crippen molar-refractivity contribution in [3.05, 3.63) is 70.1 Å². The number of amides is 1. The van der Waals surface area contributed by atoms with E-state index in [-0.39, 0.29) is 0 Å². The monoisotopic (exact) mass is 337 g/mol. The smallest absolute Gasteiger partial charge is 0.336 e. The van der Waals surface area contributed by atoms with Gasteiger partial charge in [-0.2, -0.15) is 0 Å². The molecular weight excluding hydrogens is 318 g/mol. The third-order valence-electron chi connectivity index (χ3n) is 3.93. The van der Waals surface area contributed by atoms with Crippen molar-refractivity contribution in [1.29, 1.82) is 0 Å². The molecule has 25 heavy (non-hydrogen) atoms. The Balaban J connectivity index is 2.12. The molecule has 0 atom stereocenters. The molecule has 5 nitrogen and oxygen atoms in total. The van der Waals surface area contributed by atoms with Crippen LogP contribution in [-0.4, -0.2) is 16.6 Å². The van der Waals surface area contributed by atoms with Gasteiger partial charge in [0, 0.05) is 23.4 Å². The van der Waals surface area contributed by atoms with Gasteiger partial charge in [0.05, 0.1) is 5.60 Å². The average molecular weight is 337 g/mol. The Hall–Kier alpha value is -2.92. The molecule has 1 heterocycles. The van der Waals surface area contributed by atoms with E-state index >= 15 is 0 Å². The maximum atomic E-state index is 11.9. The lowest BCUT2D eigenvalue weighted by Crippen LogP contribution is -2.21. The Morgan fingerprint density at radius 1 is 1.12 bits per heavy atom. The lowest BCUT2D eigenvalue weighted by atomic mass is 9.95. The topological polar surface area (TPSA) is 93.5 Å². The van der Waals surface area contributed by atoms with E-state index in [1.165, 1.54) is 12.1 Å². The molecule has 0 fully saturated rings. The minimum absolute atomic E-state index is 0.348. The van der Waals surface area contributed by atoms with Gasteiger partial charge >= 0.3 is 5.63 Å². The zero-order valence-corrected chi connectivity index (χ0v) is 14.1. The van der Waals surface area contributed by atoms with Crippen molar-refractivity contribution in [2.75, 3.05) is 0 Å². The SMILES string of the molecule is CC(C)(O)Cc1ccc(-c2cc(=O)oc3ccc(C(N)=O)cc23)cc1. The highest BCUT2D eigenvalue weighted by molar-refractivity contribution is 6.00. The van der Waals surface area contributed by atoms with Crippen LogP contribution in [0, 0.1) is 0 Å². The van der Waals surface area contributed by atoms with E-state index in [0.29, 0.717) is 28.5 Å². The van der Waals surface area contributed by atoms with Gasteiger partial charge < -0.3 is 15.3 Å². The van der Waals surface area contributed by atoms with Crippen LogP contribution in [0.4, 0.5) is 0 Å². The summed E-state index contributed by atoms with van der Waals surface area (Å²) in [4.78, 5) is 23.3. The van der Waals surface area contributed by atoms with Gasteiger partial charge in [0.2, 0.25) is 5.91 Å². The van der Waals surface area contributed by atoms with Crippen molar-refractivity contribution in [3.63, 3.8) is 0 Å². The van der Waals surface area contributed by atoms with Gasteiger partial charge in [-0.3, -0.25) is 4.79 Å². The van der Waals surface area contributed by atoms with Crippen LogP contribution in [0.1, 0.15) is 29.8 Å². The summed E-state index contributed by atoms with van der Waals surface area (Å²) in [5.74, 6) is -0.542. The number of rotatable bonds is 4. The first-order valence-electron chi connectivity index (χ1n) is 7.92. The fourth-order valence-corrected chi connectivity index (χ4v) is 2.86. The number of hydrogen-bond acceptors (Lipinski definition) is 4. The highest BCUT2D eigenvalue weighted by Crippen LogP contribution is 2.28. The average Bonchev–Trinajstić information content (AvgIpc) is 2.53. The Labute approximate surface area is 144 Å². The first-order chi connectivity index (χ1) is 11.7. The van der Waals surface area contributed by atoms with Crippen molar-refractivity contribution >= 4 is 16.9 Å². The van der Waals surface area contributed by atoms with E-state index in [0.717, 1.165) is 11.1 Å². The van der Waals surface area contributed by atoms with Crippen LogP contribution in [-0.2, 0) is 6.42 Å². The number of benzene rings is 2. The van der Waals surface area contributed by atoms with Crippen LogP contribution in [0.5, 0.6) is 0 Å². The van der Waals surface area contributed by atoms with Crippen molar-refractivity contribution in [2.24, 2.45) is 5.73 Å². The fourth-order valence-electron chi connectivity index (χ4n) is 2.86. The maximum absolute atomic E-state index is 11.9. The summed E-state index contributed by atoms with van der Waals surface area (Å²) >= 11 is 0. The van der Waals surface area contributed by atoms with Gasteiger partial charge in [0.15, 0.2) is 0 Å². The van der Waals surface area contributed by atoms with E-state index < -0.39 is 17.1 Å². The van der Waals surface area contributed by atoms with Crippen LogP contribution in [0.3, 0.4) is 0 Å². The molecule has 1 aromatic heterocycles. The van der Waals surface area contributed by atoms with E-state index in [1.54, 1.807) is 26.0 Å². The number of primary amides is 1. The molecule has 3 rings (SSSR count). The molecule has 2 aromatic carbocycles. The first kappa shape index (κ1) is 16.9. The minimum Gasteiger partial charge on any atom is -0.423 e. The molecule has 0 radical (unpaired) electrons. The number of carbonyl (C=O) groups is 1. The molecule has 0 aliphatic heterocycles. The van der Waals surface area contributed by atoms with Crippen molar-refractivity contribution < 1.29 is 14.3 Å². The third-order valence-corrected chi connectivity index (χ3v) is 3.93. The van der Waals surface area contributed by atoms with Crippen molar-refractivity contribution in [3.8, 4) is 11.1 Å². The van der Waals surface area contributed by atoms with E-state index in [9.17, 15) is 14.7 Å². The van der Waals surface area contributed by atoms with Gasteiger partial charge in [0.1, 0.15) is 5.58 Å². The Morgan fingerprint density at radius 3 is 2.40 bits per heavy atom. The number of aliphatic hydroxyl groups is 1. The first-order valence-corrected chi connectivity index (χ1v) is 7.92. The van der Waals surface area contributed by atoms with Gasteiger partial charge in [-0.15, -0.1) is 0 Å². The second-order valence-corrected chi connectivity index (χ2v) is 6.74. The highest BCUT2D eigenvalue weighted by atomic mass is 16.4. The molecule has 0 bridgehead atoms. The molecule has 0 saturated heterocycles. The molecule has 5 heteroatoms. The zero-order chi connectivity index (χ0) is 18.2.